The van der Waals surface area contributed by atoms with Gasteiger partial charge in [0.25, 0.3) is 5.91 Å². The van der Waals surface area contributed by atoms with Crippen molar-refractivity contribution >= 4 is 73.0 Å². The molecular weight excluding hydrogens is 1020 g/mol. The molecule has 3 saturated heterocycles. The number of ketones is 1. The SMILES string of the molecule is CNC(C)(C(N)=O)[C@@H](C(=O)N1CCC[C@H]1c1nc(C(=O)c2ccc(F)cc2)cs1)C1CCN(C(=O)c2ccc(N3CCC(CCOc4cc5ncnc(Nc6n[nH]c(C)c6C)c5cc4S(=O)(=O)C(C)(C)C)CC3)nc2)CC1. The minimum absolute atomic E-state index is 0.0769. The summed E-state index contributed by atoms with van der Waals surface area (Å²) in [6.07, 6.45) is 7.76. The van der Waals surface area contributed by atoms with E-state index in [4.69, 9.17) is 15.5 Å². The van der Waals surface area contributed by atoms with E-state index in [2.05, 4.69) is 40.7 Å². The van der Waals surface area contributed by atoms with Crippen molar-refractivity contribution in [3.05, 3.63) is 105 Å². The fraction of sp³-hybridized carbons (Fsp3) is 0.473. The van der Waals surface area contributed by atoms with E-state index in [1.165, 1.54) is 41.9 Å². The Kier molecular flexibility index (Phi) is 15.8. The van der Waals surface area contributed by atoms with E-state index >= 15 is 0 Å². The standard InChI is InChI=1S/C55H67FN12O7S2/c1-32-33(2)64-65-48(32)63-49-39-27-44(77(73,74)54(3,4)5)43(28-40(39)60-31-61-49)75-26-20-34-16-22-66(23-17-34)45-15-12-37(29-59-45)51(70)67-24-18-35(19-25-67)46(55(6,58-7)53(57)72)52(71)68-21-8-9-42(68)50-62-41(30-76-50)47(69)36-10-13-38(56)14-11-36/h10-15,27-31,34-35,42,46,58H,8-9,16-26H2,1-7H3,(H2,57,72)(H2,60,61,63,64,65)/t42-,46+,55?/m0/s1. The highest BCUT2D eigenvalue weighted by atomic mass is 32.2. The highest BCUT2D eigenvalue weighted by Crippen LogP contribution is 2.42. The average Bonchev–Trinajstić information content (AvgIpc) is 4.22. The Morgan fingerprint density at radius 1 is 0.909 bits per heavy atom. The van der Waals surface area contributed by atoms with Crippen LogP contribution in [0.1, 0.15) is 121 Å². The van der Waals surface area contributed by atoms with Gasteiger partial charge in [0.05, 0.1) is 34.4 Å². The first-order chi connectivity index (χ1) is 36.7. The molecule has 9 rings (SSSR count). The number of piperidine rings is 2. The summed E-state index contributed by atoms with van der Waals surface area (Å²) in [7, 11) is -2.22. The Bertz CT molecular complexity index is 3270. The summed E-state index contributed by atoms with van der Waals surface area (Å²) in [6, 6.07) is 11.8. The summed E-state index contributed by atoms with van der Waals surface area (Å²) in [5.74, 6) is -0.599. The molecule has 0 radical (unpaired) electrons. The molecule has 3 fully saturated rings. The van der Waals surface area contributed by atoms with E-state index in [9.17, 15) is 32.0 Å². The number of amides is 3. The van der Waals surface area contributed by atoms with Gasteiger partial charge in [-0.3, -0.25) is 24.3 Å². The van der Waals surface area contributed by atoms with Crippen LogP contribution in [0, 0.1) is 37.4 Å². The van der Waals surface area contributed by atoms with Gasteiger partial charge in [0.2, 0.25) is 17.6 Å². The predicted octanol–water partition coefficient (Wildman–Crippen LogP) is 7.49. The first-order valence-electron chi connectivity index (χ1n) is 26.2. The number of hydrogen-bond acceptors (Lipinski definition) is 16. The zero-order valence-corrected chi connectivity index (χ0v) is 46.2. The predicted molar refractivity (Wildman–Crippen MR) is 292 cm³/mol. The Labute approximate surface area is 451 Å². The van der Waals surface area contributed by atoms with Crippen molar-refractivity contribution in [1.82, 2.24) is 45.2 Å². The number of ether oxygens (including phenoxy) is 1. The van der Waals surface area contributed by atoms with Gasteiger partial charge in [0, 0.05) is 72.6 Å². The van der Waals surface area contributed by atoms with Crippen molar-refractivity contribution in [1.29, 1.82) is 0 Å². The number of nitrogens with zero attached hydrogens (tertiary/aromatic N) is 8. The number of halogens is 1. The van der Waals surface area contributed by atoms with Gasteiger partial charge in [-0.25, -0.2) is 32.7 Å². The second-order valence-electron chi connectivity index (χ2n) is 21.6. The molecule has 0 aliphatic carbocycles. The molecule has 7 heterocycles. The summed E-state index contributed by atoms with van der Waals surface area (Å²) >= 11 is 1.29. The number of primary amides is 1. The van der Waals surface area contributed by atoms with Gasteiger partial charge in [-0.05, 0) is 148 Å². The molecule has 4 aromatic heterocycles. The molecule has 3 aliphatic rings. The molecule has 19 nitrogen and oxygen atoms in total. The lowest BCUT2D eigenvalue weighted by Crippen LogP contribution is -2.63. The first-order valence-corrected chi connectivity index (χ1v) is 28.5. The fourth-order valence-corrected chi connectivity index (χ4v) is 13.0. The molecule has 3 atom stereocenters. The number of thiazole rings is 1. The number of nitrogens with two attached hydrogens (primary N) is 1. The Hall–Kier alpha value is -6.91. The topological polar surface area (TPSA) is 252 Å². The molecule has 3 amide bonds. The number of rotatable bonds is 17. The normalized spacial score (nSPS) is 18.1. The van der Waals surface area contributed by atoms with Crippen LogP contribution in [0.15, 0.2) is 71.3 Å². The van der Waals surface area contributed by atoms with Crippen molar-refractivity contribution in [3.8, 4) is 5.75 Å². The van der Waals surface area contributed by atoms with E-state index in [0.717, 1.165) is 49.4 Å². The van der Waals surface area contributed by atoms with Crippen LogP contribution in [0.2, 0.25) is 0 Å². The molecular formula is C55H67FN12O7S2. The maximum Gasteiger partial charge on any atom is 0.255 e. The van der Waals surface area contributed by atoms with E-state index in [0.29, 0.717) is 96.5 Å². The lowest BCUT2D eigenvalue weighted by molar-refractivity contribution is -0.147. The largest absolute Gasteiger partial charge is 0.492 e. The number of fused-ring (bicyclic) bond motifs is 1. The van der Waals surface area contributed by atoms with Crippen LogP contribution in [0.3, 0.4) is 0 Å². The van der Waals surface area contributed by atoms with Crippen molar-refractivity contribution < 1.29 is 36.7 Å². The third kappa shape index (κ3) is 11.1. The number of aromatic amines is 1. The third-order valence-electron chi connectivity index (χ3n) is 15.9. The number of carbonyl (C=O) groups excluding carboxylic acids is 4. The molecule has 22 heteroatoms. The molecule has 5 N–H and O–H groups in total. The molecule has 0 bridgehead atoms. The lowest BCUT2D eigenvalue weighted by atomic mass is 9.71. The molecule has 3 aliphatic heterocycles. The maximum atomic E-state index is 14.8. The van der Waals surface area contributed by atoms with Crippen LogP contribution < -0.4 is 26.0 Å². The van der Waals surface area contributed by atoms with Crippen molar-refractivity contribution in [3.63, 3.8) is 0 Å². The Morgan fingerprint density at radius 3 is 2.26 bits per heavy atom. The van der Waals surface area contributed by atoms with Crippen LogP contribution in [0.25, 0.3) is 10.9 Å². The van der Waals surface area contributed by atoms with Gasteiger partial charge in [-0.15, -0.1) is 11.3 Å². The molecule has 0 saturated carbocycles. The summed E-state index contributed by atoms with van der Waals surface area (Å²) < 4.78 is 46.8. The number of sulfone groups is 1. The zero-order chi connectivity index (χ0) is 55.0. The second kappa shape index (κ2) is 22.2. The molecule has 2 aromatic carbocycles. The van der Waals surface area contributed by atoms with Gasteiger partial charge in [0.1, 0.15) is 50.7 Å². The number of nitrogens with one attached hydrogen (secondary N) is 3. The summed E-state index contributed by atoms with van der Waals surface area (Å²) in [4.78, 5) is 79.3. The van der Waals surface area contributed by atoms with Gasteiger partial charge in [-0.1, -0.05) is 0 Å². The average molecular weight is 1090 g/mol. The Morgan fingerprint density at radius 2 is 1.62 bits per heavy atom. The molecule has 408 valence electrons. The second-order valence-corrected chi connectivity index (χ2v) is 25.2. The van der Waals surface area contributed by atoms with Crippen LogP contribution >= 0.6 is 11.3 Å². The van der Waals surface area contributed by atoms with E-state index in [1.54, 1.807) is 74.3 Å². The lowest BCUT2D eigenvalue weighted by Gasteiger charge is -2.44. The number of hydrogen-bond donors (Lipinski definition) is 4. The van der Waals surface area contributed by atoms with Gasteiger partial charge < -0.3 is 35.8 Å². The van der Waals surface area contributed by atoms with E-state index < -0.39 is 43.8 Å². The minimum atomic E-state index is -3.85. The number of carbonyl (C=O) groups is 4. The number of aryl methyl sites for hydroxylation is 1. The molecule has 6 aromatic rings. The monoisotopic (exact) mass is 1090 g/mol. The highest BCUT2D eigenvalue weighted by Gasteiger charge is 2.51. The number of aromatic nitrogens is 6. The number of H-pyrrole nitrogens is 1. The highest BCUT2D eigenvalue weighted by molar-refractivity contribution is 7.92. The van der Waals surface area contributed by atoms with Crippen molar-refractivity contribution in [2.45, 2.75) is 108 Å². The van der Waals surface area contributed by atoms with Crippen molar-refractivity contribution in [2.75, 3.05) is 56.6 Å². The van der Waals surface area contributed by atoms with Crippen molar-refractivity contribution in [2.24, 2.45) is 23.5 Å². The molecule has 1 unspecified atom stereocenters. The smallest absolute Gasteiger partial charge is 0.255 e. The number of likely N-dealkylation sites (tertiary alicyclic amines) is 2. The van der Waals surface area contributed by atoms with Crippen LogP contribution in [-0.4, -0.2) is 129 Å². The summed E-state index contributed by atoms with van der Waals surface area (Å²) in [5, 5.41) is 16.4. The summed E-state index contributed by atoms with van der Waals surface area (Å²) in [5.41, 5.74) is 7.99. The molecule has 0 spiro atoms. The number of likely N-dealkylation sites (N-methyl/N-ethyl adjacent to an activating group) is 1. The number of benzene rings is 2. The fourth-order valence-electron chi connectivity index (χ4n) is 10.8. The number of anilines is 3. The quantitative estimate of drug-likeness (QED) is 0.0646. The minimum Gasteiger partial charge on any atom is -0.492 e. The van der Waals surface area contributed by atoms with E-state index in [1.807, 2.05) is 19.9 Å². The summed E-state index contributed by atoms with van der Waals surface area (Å²) in [6.45, 7) is 13.5. The zero-order valence-electron chi connectivity index (χ0n) is 44.6. The van der Waals surface area contributed by atoms with Crippen LogP contribution in [0.4, 0.5) is 21.8 Å². The maximum absolute atomic E-state index is 14.8. The van der Waals surface area contributed by atoms with Gasteiger partial charge in [0.15, 0.2) is 15.7 Å². The molecule has 77 heavy (non-hydrogen) atoms. The van der Waals surface area contributed by atoms with Crippen LogP contribution in [0.5, 0.6) is 5.75 Å². The van der Waals surface area contributed by atoms with Crippen LogP contribution in [-0.2, 0) is 19.4 Å². The van der Waals surface area contributed by atoms with Gasteiger partial charge in [-0.2, -0.15) is 5.10 Å². The number of pyridine rings is 1. The Balaban J connectivity index is 0.796. The van der Waals surface area contributed by atoms with Gasteiger partial charge >= 0.3 is 0 Å². The van der Waals surface area contributed by atoms with E-state index in [-0.39, 0.29) is 39.9 Å². The third-order valence-corrected chi connectivity index (χ3v) is 19.4. The first kappa shape index (κ1) is 54.9.